The number of hydrogen-bond donors (Lipinski definition) is 4. The van der Waals surface area contributed by atoms with Crippen LogP contribution in [0.5, 0.6) is 0 Å². The molecule has 4 fully saturated rings. The highest BCUT2D eigenvalue weighted by Crippen LogP contribution is 2.75. The number of carbonyl (C=O) groups excluding carboxylic acids is 1. The van der Waals surface area contributed by atoms with E-state index in [1.165, 1.54) is 5.57 Å². The van der Waals surface area contributed by atoms with E-state index in [0.29, 0.717) is 12.3 Å². The minimum Gasteiger partial charge on any atom is -0.458 e. The Balaban J connectivity index is 1.54. The highest BCUT2D eigenvalue weighted by atomic mass is 16.5. The molecular weight excluding hydrogens is 576 g/mol. The van der Waals surface area contributed by atoms with Gasteiger partial charge in [0, 0.05) is 11.5 Å². The van der Waals surface area contributed by atoms with Crippen molar-refractivity contribution in [3.8, 4) is 0 Å². The number of aliphatic hydroxyl groups is 4. The lowest BCUT2D eigenvalue weighted by Crippen LogP contribution is -2.74. The summed E-state index contributed by atoms with van der Waals surface area (Å²) in [6.07, 6.45) is 9.98. The molecule has 0 aromatic carbocycles. The summed E-state index contributed by atoms with van der Waals surface area (Å²) >= 11 is 0. The molecule has 0 radical (unpaired) electrons. The number of hydrogen-bond acceptors (Lipinski definition) is 6. The standard InChI is InChI=1S/C40H64O6/c1-24(2)12-11-13-25(3)20-32(43)46-31-22-35(4,5)21-27-26-14-15-29-37(8)18-17-30(42)36(6,7)28(37)16-19-38(29,9)39(26,10)33(44)34(45)40(27,31)23-41/h12,14,20,27-31,33-34,41-42,44-45H,11,13,15-19,21-23H2,1-10H3/b25-20-/t27-,28-,29+,30-,31-,33-,34+,37-,38+,39-,40+/m0/s1. The van der Waals surface area contributed by atoms with Crippen LogP contribution < -0.4 is 0 Å². The van der Waals surface area contributed by atoms with E-state index >= 15 is 0 Å². The highest BCUT2D eigenvalue weighted by molar-refractivity contribution is 5.83. The van der Waals surface area contributed by atoms with E-state index < -0.39 is 35.1 Å². The molecule has 5 aliphatic carbocycles. The molecular formula is C40H64O6. The number of esters is 1. The van der Waals surface area contributed by atoms with E-state index in [1.807, 2.05) is 6.92 Å². The first-order valence-electron chi connectivity index (χ1n) is 18.1. The van der Waals surface area contributed by atoms with Gasteiger partial charge in [-0.05, 0) is 118 Å². The third-order valence-electron chi connectivity index (χ3n) is 14.9. The third kappa shape index (κ3) is 5.13. The number of aliphatic hydroxyl groups excluding tert-OH is 4. The summed E-state index contributed by atoms with van der Waals surface area (Å²) in [5, 5.41) is 47.2. The van der Waals surface area contributed by atoms with Crippen LogP contribution >= 0.6 is 0 Å². The second-order valence-corrected chi connectivity index (χ2v) is 18.6. The molecule has 0 spiro atoms. The van der Waals surface area contributed by atoms with Gasteiger partial charge in [-0.1, -0.05) is 77.3 Å². The Bertz CT molecular complexity index is 1290. The van der Waals surface area contributed by atoms with Crippen LogP contribution in [-0.4, -0.2) is 57.4 Å². The zero-order valence-electron chi connectivity index (χ0n) is 30.4. The third-order valence-corrected chi connectivity index (χ3v) is 14.9. The van der Waals surface area contributed by atoms with Crippen LogP contribution in [0.2, 0.25) is 0 Å². The van der Waals surface area contributed by atoms with E-state index in [1.54, 1.807) is 6.08 Å². The maximum absolute atomic E-state index is 13.4. The minimum atomic E-state index is -1.26. The molecule has 4 N–H and O–H groups in total. The molecule has 0 aromatic rings. The predicted molar refractivity (Wildman–Crippen MR) is 183 cm³/mol. The number of allylic oxidation sites excluding steroid dienone is 4. The number of carbonyl (C=O) groups is 1. The van der Waals surface area contributed by atoms with Gasteiger partial charge in [-0.25, -0.2) is 4.79 Å². The topological polar surface area (TPSA) is 107 Å². The van der Waals surface area contributed by atoms with E-state index in [9.17, 15) is 25.2 Å². The van der Waals surface area contributed by atoms with E-state index in [4.69, 9.17) is 4.74 Å². The van der Waals surface area contributed by atoms with Gasteiger partial charge in [-0.2, -0.15) is 0 Å². The second kappa shape index (κ2) is 11.8. The summed E-state index contributed by atoms with van der Waals surface area (Å²) in [4.78, 5) is 13.4. The van der Waals surface area contributed by atoms with Crippen LogP contribution in [0.15, 0.2) is 34.9 Å². The average Bonchev–Trinajstić information content (AvgIpc) is 2.94. The van der Waals surface area contributed by atoms with Crippen molar-refractivity contribution in [3.63, 3.8) is 0 Å². The molecule has 4 saturated carbocycles. The molecule has 0 aromatic heterocycles. The van der Waals surface area contributed by atoms with Crippen molar-refractivity contribution >= 4 is 5.97 Å². The van der Waals surface area contributed by atoms with Crippen molar-refractivity contribution in [2.75, 3.05) is 6.61 Å². The highest BCUT2D eigenvalue weighted by Gasteiger charge is 2.74. The first-order valence-corrected chi connectivity index (χ1v) is 18.1. The normalized spacial score (nSPS) is 46.1. The number of fused-ring (bicyclic) bond motifs is 7. The quantitative estimate of drug-likeness (QED) is 0.138. The zero-order valence-corrected chi connectivity index (χ0v) is 30.4. The van der Waals surface area contributed by atoms with Crippen LogP contribution in [0.4, 0.5) is 0 Å². The molecule has 5 aliphatic rings. The van der Waals surface area contributed by atoms with Crippen LogP contribution in [0, 0.1) is 50.2 Å². The van der Waals surface area contributed by atoms with Crippen molar-refractivity contribution in [1.29, 1.82) is 0 Å². The van der Waals surface area contributed by atoms with Gasteiger partial charge in [0.25, 0.3) is 0 Å². The molecule has 46 heavy (non-hydrogen) atoms. The molecule has 6 heteroatoms. The van der Waals surface area contributed by atoms with Crippen LogP contribution in [0.3, 0.4) is 0 Å². The van der Waals surface area contributed by atoms with Crippen LogP contribution in [0.25, 0.3) is 0 Å². The second-order valence-electron chi connectivity index (χ2n) is 18.6. The van der Waals surface area contributed by atoms with Gasteiger partial charge in [0.2, 0.25) is 0 Å². The Hall–Kier alpha value is -1.47. The van der Waals surface area contributed by atoms with E-state index in [-0.39, 0.29) is 46.2 Å². The lowest BCUT2D eigenvalue weighted by atomic mass is 9.32. The summed E-state index contributed by atoms with van der Waals surface area (Å²) < 4.78 is 6.26. The fourth-order valence-electron chi connectivity index (χ4n) is 12.1. The van der Waals surface area contributed by atoms with Crippen molar-refractivity contribution in [2.24, 2.45) is 50.2 Å². The van der Waals surface area contributed by atoms with E-state index in [2.05, 4.69) is 74.5 Å². The Labute approximate surface area is 278 Å². The Kier molecular flexibility index (Phi) is 9.23. The van der Waals surface area contributed by atoms with Gasteiger partial charge in [0.15, 0.2) is 0 Å². The predicted octanol–water partition coefficient (Wildman–Crippen LogP) is 7.30. The maximum atomic E-state index is 13.4. The fraction of sp³-hybridized carbons (Fsp3) is 0.825. The molecule has 0 bridgehead atoms. The molecule has 0 amide bonds. The van der Waals surface area contributed by atoms with Gasteiger partial charge in [0.05, 0.1) is 30.3 Å². The monoisotopic (exact) mass is 640 g/mol. The molecule has 5 rings (SSSR count). The molecule has 0 saturated heterocycles. The molecule has 0 aliphatic heterocycles. The maximum Gasteiger partial charge on any atom is 0.330 e. The van der Waals surface area contributed by atoms with Crippen LogP contribution in [-0.2, 0) is 9.53 Å². The Morgan fingerprint density at radius 1 is 0.935 bits per heavy atom. The average molecular weight is 641 g/mol. The summed E-state index contributed by atoms with van der Waals surface area (Å²) in [5.74, 6) is -0.0268. The Morgan fingerprint density at radius 3 is 2.24 bits per heavy atom. The van der Waals surface area contributed by atoms with Crippen molar-refractivity contribution in [1.82, 2.24) is 0 Å². The zero-order chi connectivity index (χ0) is 34.3. The Morgan fingerprint density at radius 2 is 1.61 bits per heavy atom. The lowest BCUT2D eigenvalue weighted by molar-refractivity contribution is -0.274. The van der Waals surface area contributed by atoms with Gasteiger partial charge < -0.3 is 25.2 Å². The molecule has 11 atom stereocenters. The first kappa shape index (κ1) is 35.8. The van der Waals surface area contributed by atoms with Crippen molar-refractivity contribution < 1.29 is 30.0 Å². The van der Waals surface area contributed by atoms with Crippen molar-refractivity contribution in [2.45, 2.75) is 151 Å². The molecule has 0 unspecified atom stereocenters. The first-order chi connectivity index (χ1) is 21.2. The van der Waals surface area contributed by atoms with Gasteiger partial charge in [-0.3, -0.25) is 0 Å². The largest absolute Gasteiger partial charge is 0.458 e. The van der Waals surface area contributed by atoms with Gasteiger partial charge in [-0.15, -0.1) is 0 Å². The summed E-state index contributed by atoms with van der Waals surface area (Å²) in [7, 11) is 0. The van der Waals surface area contributed by atoms with E-state index in [0.717, 1.165) is 62.5 Å². The molecule has 260 valence electrons. The van der Waals surface area contributed by atoms with Crippen LogP contribution in [0.1, 0.15) is 127 Å². The molecule has 0 heterocycles. The smallest absolute Gasteiger partial charge is 0.330 e. The fourth-order valence-corrected chi connectivity index (χ4v) is 12.1. The number of rotatable bonds is 6. The minimum absolute atomic E-state index is 0.00330. The van der Waals surface area contributed by atoms with Crippen molar-refractivity contribution in [3.05, 3.63) is 34.9 Å². The summed E-state index contributed by atoms with van der Waals surface area (Å²) in [6, 6.07) is 0. The summed E-state index contributed by atoms with van der Waals surface area (Å²) in [6.45, 7) is 21.5. The molecule has 6 nitrogen and oxygen atoms in total. The lowest BCUT2D eigenvalue weighted by Gasteiger charge is -2.73. The van der Waals surface area contributed by atoms with Gasteiger partial charge in [0.1, 0.15) is 6.10 Å². The summed E-state index contributed by atoms with van der Waals surface area (Å²) in [5.41, 5.74) is 0.728. The number of ether oxygens (including phenoxy) is 1. The van der Waals surface area contributed by atoms with Gasteiger partial charge >= 0.3 is 5.97 Å². The SMILES string of the molecule is CC(C)=CCC/C(C)=C\C(=O)O[C@H]1CC(C)(C)C[C@H]2C3=CC[C@@H]4[C@@]5(C)CC[C@H](O)C(C)(C)[C@@H]5CC[C@@]4(C)[C@]3(C)[C@@H](O)[C@@H](O)[C@@]12CO.